The van der Waals surface area contributed by atoms with E-state index in [0.717, 1.165) is 22.6 Å². The summed E-state index contributed by atoms with van der Waals surface area (Å²) in [5.74, 6) is 1.34. The number of hydrogen-bond donors (Lipinski definition) is 0. The summed E-state index contributed by atoms with van der Waals surface area (Å²) in [5.41, 5.74) is 3.78. The van der Waals surface area contributed by atoms with E-state index in [1.807, 2.05) is 97.3 Å². The molecular formula is C25H23N3O2S. The molecule has 0 aliphatic heterocycles. The molecule has 0 fully saturated rings. The Hall–Kier alpha value is -3.51. The second kappa shape index (κ2) is 9.10. The van der Waals surface area contributed by atoms with Crippen LogP contribution >= 0.6 is 12.2 Å². The van der Waals surface area contributed by atoms with Crippen molar-refractivity contribution in [2.24, 2.45) is 0 Å². The van der Waals surface area contributed by atoms with Crippen molar-refractivity contribution < 1.29 is 9.53 Å². The molecule has 4 rings (SSSR count). The fraction of sp³-hybridized carbons (Fsp3) is 0.160. The Morgan fingerprint density at radius 2 is 1.52 bits per heavy atom. The molecule has 0 radical (unpaired) electrons. The molecule has 3 aromatic carbocycles. The molecule has 0 spiro atoms. The van der Waals surface area contributed by atoms with E-state index in [2.05, 4.69) is 5.10 Å². The molecule has 1 heterocycles. The molecule has 5 nitrogen and oxygen atoms in total. The van der Waals surface area contributed by atoms with E-state index in [1.165, 1.54) is 0 Å². The van der Waals surface area contributed by atoms with Crippen LogP contribution in [0.1, 0.15) is 27.3 Å². The molecule has 0 aliphatic carbocycles. The van der Waals surface area contributed by atoms with Gasteiger partial charge in [-0.25, -0.2) is 4.68 Å². The van der Waals surface area contributed by atoms with E-state index in [4.69, 9.17) is 17.0 Å². The number of Topliss-reactive ketones (excluding diaryl/α,β-unsaturated/α-hetero) is 1. The molecule has 0 unspecified atom stereocenters. The monoisotopic (exact) mass is 429 g/mol. The third-order valence-electron chi connectivity index (χ3n) is 4.98. The molecule has 6 heteroatoms. The maximum absolute atomic E-state index is 12.8. The first kappa shape index (κ1) is 20.8. The van der Waals surface area contributed by atoms with Gasteiger partial charge in [0.1, 0.15) is 18.9 Å². The molecule has 0 atom stereocenters. The maximum atomic E-state index is 12.8. The lowest BCUT2D eigenvalue weighted by Gasteiger charge is -2.08. The summed E-state index contributed by atoms with van der Waals surface area (Å²) in [6, 6.07) is 25.1. The Kier molecular flexibility index (Phi) is 6.09. The average molecular weight is 430 g/mol. The normalized spacial score (nSPS) is 10.8. The highest BCUT2D eigenvalue weighted by Crippen LogP contribution is 2.17. The molecule has 0 aliphatic rings. The first-order valence-electron chi connectivity index (χ1n) is 10.0. The first-order chi connectivity index (χ1) is 15.0. The number of hydrogen-bond acceptors (Lipinski definition) is 4. The lowest BCUT2D eigenvalue weighted by molar-refractivity contribution is 0.0966. The standard InChI is InChI=1S/C25H23N3O2S/c1-18-8-12-20(13-9-18)23(29)16-27-25(31)28(21-14-10-19(2)11-15-21)24(26-27)17-30-22-6-4-3-5-7-22/h3-15H,16-17H2,1-2H3. The van der Waals surface area contributed by atoms with Gasteiger partial charge in [-0.3, -0.25) is 9.36 Å². The van der Waals surface area contributed by atoms with E-state index in [0.29, 0.717) is 16.2 Å². The lowest BCUT2D eigenvalue weighted by atomic mass is 10.1. The Morgan fingerprint density at radius 3 is 2.16 bits per heavy atom. The van der Waals surface area contributed by atoms with Crippen LogP contribution in [0.5, 0.6) is 5.75 Å². The number of carbonyl (C=O) groups is 1. The van der Waals surface area contributed by atoms with Gasteiger partial charge in [0.05, 0.1) is 0 Å². The second-order valence-electron chi connectivity index (χ2n) is 7.42. The van der Waals surface area contributed by atoms with Gasteiger partial charge in [-0.2, -0.15) is 5.10 Å². The van der Waals surface area contributed by atoms with Crippen molar-refractivity contribution in [1.82, 2.24) is 14.3 Å². The fourth-order valence-corrected chi connectivity index (χ4v) is 3.55. The number of ether oxygens (including phenoxy) is 1. The molecule has 0 saturated carbocycles. The third-order valence-corrected chi connectivity index (χ3v) is 5.37. The van der Waals surface area contributed by atoms with Gasteiger partial charge < -0.3 is 4.74 Å². The molecule has 156 valence electrons. The SMILES string of the molecule is Cc1ccc(C(=O)Cn2nc(COc3ccccc3)n(-c3ccc(C)cc3)c2=S)cc1. The number of nitrogens with zero attached hydrogens (tertiary/aromatic N) is 3. The summed E-state index contributed by atoms with van der Waals surface area (Å²) in [6.45, 7) is 4.32. The molecule has 1 aromatic heterocycles. The van der Waals surface area contributed by atoms with Crippen LogP contribution in [-0.4, -0.2) is 20.1 Å². The van der Waals surface area contributed by atoms with Crippen molar-refractivity contribution in [1.29, 1.82) is 0 Å². The average Bonchev–Trinajstić information content (AvgIpc) is 3.09. The highest BCUT2D eigenvalue weighted by atomic mass is 32.1. The summed E-state index contributed by atoms with van der Waals surface area (Å²) < 4.78 is 9.81. The van der Waals surface area contributed by atoms with Crippen LogP contribution in [0, 0.1) is 18.6 Å². The smallest absolute Gasteiger partial charge is 0.203 e. The van der Waals surface area contributed by atoms with Crippen LogP contribution in [0.4, 0.5) is 0 Å². The topological polar surface area (TPSA) is 49.1 Å². The number of ketones is 1. The van der Waals surface area contributed by atoms with Gasteiger partial charge in [-0.15, -0.1) is 0 Å². The summed E-state index contributed by atoms with van der Waals surface area (Å²) in [7, 11) is 0. The van der Waals surface area contributed by atoms with Gasteiger partial charge in [-0.05, 0) is 50.3 Å². The quantitative estimate of drug-likeness (QED) is 0.288. The van der Waals surface area contributed by atoms with Crippen LogP contribution in [-0.2, 0) is 13.2 Å². The van der Waals surface area contributed by atoms with E-state index < -0.39 is 0 Å². The van der Waals surface area contributed by atoms with Crippen LogP contribution in [0.3, 0.4) is 0 Å². The van der Waals surface area contributed by atoms with Crippen molar-refractivity contribution >= 4 is 18.0 Å². The van der Waals surface area contributed by atoms with E-state index in [-0.39, 0.29) is 18.9 Å². The zero-order valence-corrected chi connectivity index (χ0v) is 18.3. The zero-order valence-electron chi connectivity index (χ0n) is 17.5. The summed E-state index contributed by atoms with van der Waals surface area (Å²) >= 11 is 5.70. The summed E-state index contributed by atoms with van der Waals surface area (Å²) in [4.78, 5) is 12.8. The highest BCUT2D eigenvalue weighted by molar-refractivity contribution is 7.71. The van der Waals surface area contributed by atoms with Crippen molar-refractivity contribution in [3.8, 4) is 11.4 Å². The number of carbonyl (C=O) groups excluding carboxylic acids is 1. The van der Waals surface area contributed by atoms with Gasteiger partial charge >= 0.3 is 0 Å². The largest absolute Gasteiger partial charge is 0.486 e. The fourth-order valence-electron chi connectivity index (χ4n) is 3.23. The number of aromatic nitrogens is 3. The molecule has 0 bridgehead atoms. The number of benzene rings is 3. The highest BCUT2D eigenvalue weighted by Gasteiger charge is 2.16. The Morgan fingerprint density at radius 1 is 0.903 bits per heavy atom. The van der Waals surface area contributed by atoms with Gasteiger partial charge in [0.25, 0.3) is 0 Å². The minimum atomic E-state index is -0.0415. The maximum Gasteiger partial charge on any atom is 0.203 e. The Labute approximate surface area is 186 Å². The third kappa shape index (κ3) is 4.81. The van der Waals surface area contributed by atoms with Crippen LogP contribution in [0.25, 0.3) is 5.69 Å². The number of para-hydroxylation sites is 1. The minimum absolute atomic E-state index is 0.0415. The van der Waals surface area contributed by atoms with Crippen molar-refractivity contribution in [3.05, 3.63) is 106 Å². The Balaban J connectivity index is 1.67. The number of aryl methyl sites for hydroxylation is 2. The Bertz CT molecular complexity index is 1240. The first-order valence-corrected chi connectivity index (χ1v) is 10.5. The van der Waals surface area contributed by atoms with Crippen molar-refractivity contribution in [3.63, 3.8) is 0 Å². The molecule has 0 N–H and O–H groups in total. The number of rotatable bonds is 7. The van der Waals surface area contributed by atoms with Crippen LogP contribution < -0.4 is 4.74 Å². The second-order valence-corrected chi connectivity index (χ2v) is 7.78. The van der Waals surface area contributed by atoms with E-state index in [1.54, 1.807) is 4.68 Å². The predicted octanol–water partition coefficient (Wildman–Crippen LogP) is 5.48. The predicted molar refractivity (Wildman–Crippen MR) is 123 cm³/mol. The van der Waals surface area contributed by atoms with Gasteiger partial charge in [0, 0.05) is 11.3 Å². The van der Waals surface area contributed by atoms with Gasteiger partial charge in [0.15, 0.2) is 11.6 Å². The molecule has 0 amide bonds. The van der Waals surface area contributed by atoms with Gasteiger partial charge in [0.2, 0.25) is 4.77 Å². The molecule has 4 aromatic rings. The summed E-state index contributed by atoms with van der Waals surface area (Å²) in [6.07, 6.45) is 0. The van der Waals surface area contributed by atoms with Crippen LogP contribution in [0.2, 0.25) is 0 Å². The minimum Gasteiger partial charge on any atom is -0.486 e. The molecule has 31 heavy (non-hydrogen) atoms. The lowest BCUT2D eigenvalue weighted by Crippen LogP contribution is -2.12. The molecule has 0 saturated heterocycles. The van der Waals surface area contributed by atoms with Gasteiger partial charge in [-0.1, -0.05) is 65.7 Å². The summed E-state index contributed by atoms with van der Waals surface area (Å²) in [5, 5.41) is 4.64. The van der Waals surface area contributed by atoms with Crippen molar-refractivity contribution in [2.75, 3.05) is 0 Å². The van der Waals surface area contributed by atoms with Crippen molar-refractivity contribution in [2.45, 2.75) is 27.0 Å². The van der Waals surface area contributed by atoms with Crippen LogP contribution in [0.15, 0.2) is 78.9 Å². The van der Waals surface area contributed by atoms with E-state index in [9.17, 15) is 4.79 Å². The zero-order chi connectivity index (χ0) is 21.8. The van der Waals surface area contributed by atoms with E-state index >= 15 is 0 Å². The molecular weight excluding hydrogens is 406 g/mol.